The number of hydrogen-bond acceptors (Lipinski definition) is 4. The predicted octanol–water partition coefficient (Wildman–Crippen LogP) is 5.33. The van der Waals surface area contributed by atoms with Crippen LogP contribution in [0.25, 0.3) is 0 Å². The molecule has 4 nitrogen and oxygen atoms in total. The standard InChI is InChI=1S/C19H23Cl2NO3S/c1-4-25-18(24)14-10-7-5-6-8-12(10)26-17(14)22-16(23)15-11(9-13(20)21)19(15,2)3/h9,11,15H,4-8H2,1-3H3,(H,22,23). The number of allylic oxidation sites excluding steroid dienone is 1. The van der Waals surface area contributed by atoms with Gasteiger partial charge in [0.15, 0.2) is 0 Å². The van der Waals surface area contributed by atoms with Crippen molar-refractivity contribution in [1.29, 1.82) is 0 Å². The van der Waals surface area contributed by atoms with Gasteiger partial charge < -0.3 is 10.1 Å². The zero-order chi connectivity index (χ0) is 19.1. The minimum absolute atomic E-state index is 0.00636. The number of hydrogen-bond donors (Lipinski definition) is 1. The molecule has 2 aliphatic carbocycles. The van der Waals surface area contributed by atoms with E-state index in [2.05, 4.69) is 5.32 Å². The second kappa shape index (κ2) is 7.53. The quantitative estimate of drug-likeness (QED) is 0.660. The number of rotatable bonds is 5. The molecule has 0 bridgehead atoms. The van der Waals surface area contributed by atoms with E-state index in [-0.39, 0.29) is 33.6 Å². The van der Waals surface area contributed by atoms with Gasteiger partial charge in [-0.1, -0.05) is 37.0 Å². The maximum Gasteiger partial charge on any atom is 0.341 e. The van der Waals surface area contributed by atoms with Gasteiger partial charge in [0.05, 0.1) is 18.1 Å². The Morgan fingerprint density at radius 3 is 2.65 bits per heavy atom. The number of aryl methyl sites for hydroxylation is 1. The fraction of sp³-hybridized carbons (Fsp3) is 0.579. The van der Waals surface area contributed by atoms with Gasteiger partial charge in [-0.3, -0.25) is 4.79 Å². The Bertz CT molecular complexity index is 765. The molecule has 0 aromatic carbocycles. The lowest BCUT2D eigenvalue weighted by molar-refractivity contribution is -0.118. The van der Waals surface area contributed by atoms with Crippen molar-refractivity contribution in [3.63, 3.8) is 0 Å². The molecule has 0 radical (unpaired) electrons. The molecule has 1 fully saturated rings. The van der Waals surface area contributed by atoms with E-state index in [1.165, 1.54) is 16.2 Å². The summed E-state index contributed by atoms with van der Waals surface area (Å²) >= 11 is 13.1. The lowest BCUT2D eigenvalue weighted by Crippen LogP contribution is -2.19. The number of carbonyl (C=O) groups excluding carboxylic acids is 2. The van der Waals surface area contributed by atoms with Gasteiger partial charge in [-0.05, 0) is 55.6 Å². The molecule has 7 heteroatoms. The second-order valence-corrected chi connectivity index (χ2v) is 9.52. The van der Waals surface area contributed by atoms with Crippen molar-refractivity contribution in [2.45, 2.75) is 46.5 Å². The summed E-state index contributed by atoms with van der Waals surface area (Å²) in [6, 6.07) is 0. The van der Waals surface area contributed by atoms with Crippen LogP contribution in [-0.4, -0.2) is 18.5 Å². The van der Waals surface area contributed by atoms with Crippen LogP contribution >= 0.6 is 34.5 Å². The van der Waals surface area contributed by atoms with Gasteiger partial charge in [0.2, 0.25) is 5.91 Å². The molecule has 1 saturated carbocycles. The Labute approximate surface area is 167 Å². The van der Waals surface area contributed by atoms with Gasteiger partial charge in [0.25, 0.3) is 0 Å². The SMILES string of the molecule is CCOC(=O)c1c(NC(=O)C2C(C=C(Cl)Cl)C2(C)C)sc2c1CCCC2. The fourth-order valence-corrected chi connectivity index (χ4v) is 5.44. The van der Waals surface area contributed by atoms with E-state index in [4.69, 9.17) is 27.9 Å². The molecule has 1 amide bonds. The van der Waals surface area contributed by atoms with Crippen LogP contribution in [0.4, 0.5) is 5.00 Å². The third-order valence-electron chi connectivity index (χ3n) is 5.39. The van der Waals surface area contributed by atoms with Crippen molar-refractivity contribution in [3.05, 3.63) is 26.6 Å². The van der Waals surface area contributed by atoms with Crippen molar-refractivity contribution in [2.24, 2.45) is 17.3 Å². The molecule has 3 rings (SSSR count). The predicted molar refractivity (Wildman–Crippen MR) is 106 cm³/mol. The molecule has 1 N–H and O–H groups in total. The average Bonchev–Trinajstić information content (AvgIpc) is 2.92. The number of fused-ring (bicyclic) bond motifs is 1. The van der Waals surface area contributed by atoms with Crippen LogP contribution in [0.15, 0.2) is 10.6 Å². The monoisotopic (exact) mass is 415 g/mol. The molecule has 142 valence electrons. The summed E-state index contributed by atoms with van der Waals surface area (Å²) < 4.78 is 5.42. The smallest absolute Gasteiger partial charge is 0.341 e. The number of anilines is 1. The summed E-state index contributed by atoms with van der Waals surface area (Å²) in [5.74, 6) is -0.676. The zero-order valence-electron chi connectivity index (χ0n) is 15.2. The van der Waals surface area contributed by atoms with Crippen LogP contribution in [0, 0.1) is 17.3 Å². The number of nitrogens with one attached hydrogen (secondary N) is 1. The minimum Gasteiger partial charge on any atom is -0.462 e. The van der Waals surface area contributed by atoms with Crippen molar-refractivity contribution >= 4 is 51.4 Å². The number of halogens is 2. The van der Waals surface area contributed by atoms with Crippen molar-refractivity contribution in [2.75, 3.05) is 11.9 Å². The zero-order valence-corrected chi connectivity index (χ0v) is 17.5. The lowest BCUT2D eigenvalue weighted by atomic mass is 9.95. The van der Waals surface area contributed by atoms with Crippen LogP contribution in [0.3, 0.4) is 0 Å². The highest BCUT2D eigenvalue weighted by Gasteiger charge is 2.60. The Hall–Kier alpha value is -1.04. The molecule has 0 saturated heterocycles. The van der Waals surface area contributed by atoms with E-state index < -0.39 is 0 Å². The summed E-state index contributed by atoms with van der Waals surface area (Å²) in [7, 11) is 0. The van der Waals surface area contributed by atoms with Gasteiger partial charge in [-0.2, -0.15) is 0 Å². The number of thiophene rings is 1. The maximum absolute atomic E-state index is 12.9. The van der Waals surface area contributed by atoms with Crippen LogP contribution in [0.5, 0.6) is 0 Å². The molecular weight excluding hydrogens is 393 g/mol. The van der Waals surface area contributed by atoms with Gasteiger partial charge in [-0.25, -0.2) is 4.79 Å². The molecule has 1 aromatic heterocycles. The highest BCUT2D eigenvalue weighted by Crippen LogP contribution is 2.60. The van der Waals surface area contributed by atoms with E-state index in [1.54, 1.807) is 13.0 Å². The van der Waals surface area contributed by atoms with Gasteiger partial charge in [-0.15, -0.1) is 11.3 Å². The molecule has 2 aliphatic rings. The van der Waals surface area contributed by atoms with Gasteiger partial charge in [0, 0.05) is 4.88 Å². The first-order chi connectivity index (χ1) is 12.3. The molecule has 1 heterocycles. The van der Waals surface area contributed by atoms with E-state index >= 15 is 0 Å². The summed E-state index contributed by atoms with van der Waals surface area (Å²) in [4.78, 5) is 26.5. The Morgan fingerprint density at radius 2 is 2.00 bits per heavy atom. The second-order valence-electron chi connectivity index (χ2n) is 7.41. The van der Waals surface area contributed by atoms with Crippen LogP contribution in [-0.2, 0) is 22.4 Å². The van der Waals surface area contributed by atoms with Crippen LogP contribution < -0.4 is 5.32 Å². The highest BCUT2D eigenvalue weighted by molar-refractivity contribution is 7.17. The Balaban J connectivity index is 1.86. The summed E-state index contributed by atoms with van der Waals surface area (Å²) in [5.41, 5.74) is 1.38. The first-order valence-electron chi connectivity index (χ1n) is 8.92. The van der Waals surface area contributed by atoms with E-state index in [9.17, 15) is 9.59 Å². The molecule has 0 spiro atoms. The van der Waals surface area contributed by atoms with Crippen molar-refractivity contribution < 1.29 is 14.3 Å². The van der Waals surface area contributed by atoms with Gasteiger partial charge in [0.1, 0.15) is 9.49 Å². The molecule has 1 aromatic rings. The van der Waals surface area contributed by atoms with Crippen molar-refractivity contribution in [1.82, 2.24) is 0 Å². The number of carbonyl (C=O) groups is 2. The summed E-state index contributed by atoms with van der Waals surface area (Å²) in [5, 5.41) is 3.60. The third-order valence-corrected chi connectivity index (χ3v) is 6.85. The fourth-order valence-electron chi connectivity index (χ4n) is 3.89. The maximum atomic E-state index is 12.9. The number of esters is 1. The largest absolute Gasteiger partial charge is 0.462 e. The molecule has 2 atom stereocenters. The van der Waals surface area contributed by atoms with E-state index in [1.807, 2.05) is 13.8 Å². The van der Waals surface area contributed by atoms with Crippen molar-refractivity contribution in [3.8, 4) is 0 Å². The molecule has 26 heavy (non-hydrogen) atoms. The van der Waals surface area contributed by atoms with Crippen LogP contribution in [0.1, 0.15) is 54.4 Å². The van der Waals surface area contributed by atoms with Crippen LogP contribution in [0.2, 0.25) is 0 Å². The average molecular weight is 416 g/mol. The molecule has 0 aliphatic heterocycles. The summed E-state index contributed by atoms with van der Waals surface area (Å²) in [6.07, 6.45) is 5.70. The highest BCUT2D eigenvalue weighted by atomic mass is 35.5. The minimum atomic E-state index is -0.350. The first-order valence-corrected chi connectivity index (χ1v) is 10.5. The van der Waals surface area contributed by atoms with Gasteiger partial charge >= 0.3 is 5.97 Å². The lowest BCUT2D eigenvalue weighted by Gasteiger charge is -2.12. The number of ether oxygens (including phenoxy) is 1. The van der Waals surface area contributed by atoms with E-state index in [0.717, 1.165) is 31.2 Å². The topological polar surface area (TPSA) is 55.4 Å². The summed E-state index contributed by atoms with van der Waals surface area (Å²) in [6.45, 7) is 6.13. The first kappa shape index (κ1) is 19.7. The Morgan fingerprint density at radius 1 is 1.31 bits per heavy atom. The third kappa shape index (κ3) is 3.67. The Kier molecular flexibility index (Phi) is 5.71. The number of amides is 1. The normalized spacial score (nSPS) is 23.0. The molecule has 2 unspecified atom stereocenters. The van der Waals surface area contributed by atoms with E-state index in [0.29, 0.717) is 17.2 Å². The molecular formula is C19H23Cl2NO3S.